The minimum absolute atomic E-state index is 0.0723. The van der Waals surface area contributed by atoms with Crippen LogP contribution in [0.1, 0.15) is 67.6 Å². The van der Waals surface area contributed by atoms with E-state index >= 15 is 0 Å². The number of alkyl halides is 3. The largest absolute Gasteiger partial charge is 0.458 e. The van der Waals surface area contributed by atoms with Crippen molar-refractivity contribution in [3.05, 3.63) is 51.8 Å². The van der Waals surface area contributed by atoms with Gasteiger partial charge in [0.2, 0.25) is 0 Å². The van der Waals surface area contributed by atoms with E-state index in [9.17, 15) is 23.2 Å². The van der Waals surface area contributed by atoms with Gasteiger partial charge >= 0.3 is 12.1 Å². The molecule has 47 heavy (non-hydrogen) atoms. The smallest absolute Gasteiger partial charge is 0.393 e. The lowest BCUT2D eigenvalue weighted by molar-refractivity contribution is -0.142. The number of likely N-dealkylation sites (N-methyl/N-ethyl adjacent to an activating group) is 1. The monoisotopic (exact) mass is 669 g/mol. The van der Waals surface area contributed by atoms with Gasteiger partial charge in [-0.1, -0.05) is 19.9 Å². The maximum Gasteiger partial charge on any atom is 0.393 e. The third-order valence-corrected chi connectivity index (χ3v) is 9.83. The molecule has 5 rings (SSSR count). The van der Waals surface area contributed by atoms with Gasteiger partial charge in [-0.3, -0.25) is 9.69 Å². The maximum absolute atomic E-state index is 13.1. The topological polar surface area (TPSA) is 99.3 Å². The Balaban J connectivity index is 1.26. The molecule has 0 radical (unpaired) electrons. The van der Waals surface area contributed by atoms with Crippen LogP contribution in [0.15, 0.2) is 24.3 Å². The van der Waals surface area contributed by atoms with Crippen molar-refractivity contribution in [1.82, 2.24) is 24.3 Å². The Kier molecular flexibility index (Phi) is 11.0. The van der Waals surface area contributed by atoms with Crippen LogP contribution in [-0.2, 0) is 35.6 Å². The summed E-state index contributed by atoms with van der Waals surface area (Å²) in [5, 5.41) is 15.0. The maximum atomic E-state index is 13.1. The molecule has 9 nitrogen and oxygen atoms in total. The Hall–Kier alpha value is -3.73. The molecule has 0 spiro atoms. The van der Waals surface area contributed by atoms with Crippen LogP contribution in [0.5, 0.6) is 0 Å². The van der Waals surface area contributed by atoms with E-state index < -0.39 is 18.6 Å². The molecule has 0 atom stereocenters. The average molecular weight is 670 g/mol. The van der Waals surface area contributed by atoms with E-state index in [1.165, 1.54) is 24.1 Å². The Morgan fingerprint density at radius 3 is 2.60 bits per heavy atom. The zero-order valence-corrected chi connectivity index (χ0v) is 28.2. The van der Waals surface area contributed by atoms with Gasteiger partial charge in [-0.25, -0.2) is 9.97 Å². The highest BCUT2D eigenvalue weighted by Gasteiger charge is 2.30. The first-order valence-corrected chi connectivity index (χ1v) is 17.0. The van der Waals surface area contributed by atoms with E-state index in [2.05, 4.69) is 68.6 Å². The van der Waals surface area contributed by atoms with Crippen molar-refractivity contribution < 1.29 is 22.7 Å². The molecule has 252 valence electrons. The number of halogens is 3. The van der Waals surface area contributed by atoms with Crippen LogP contribution in [0.2, 0.25) is 0 Å². The molecular formula is C34H42F3N7O2S. The predicted octanol–water partition coefficient (Wildman–Crippen LogP) is 6.80. The van der Waals surface area contributed by atoms with E-state index in [1.807, 2.05) is 6.07 Å². The van der Waals surface area contributed by atoms with Crippen molar-refractivity contribution in [3.8, 4) is 6.07 Å². The zero-order chi connectivity index (χ0) is 33.7. The van der Waals surface area contributed by atoms with Gasteiger partial charge in [-0.2, -0.15) is 18.4 Å². The summed E-state index contributed by atoms with van der Waals surface area (Å²) in [6.07, 6.45) is -2.61. The molecule has 0 aliphatic carbocycles. The number of hydrogen-bond donors (Lipinski definition) is 1. The molecule has 4 aromatic rings. The molecule has 1 N–H and O–H groups in total. The number of benzene rings is 1. The number of piperidine rings is 1. The lowest BCUT2D eigenvalue weighted by Gasteiger charge is -2.33. The van der Waals surface area contributed by atoms with Crippen molar-refractivity contribution in [2.75, 3.05) is 38.0 Å². The third kappa shape index (κ3) is 8.60. The quantitative estimate of drug-likeness (QED) is 0.155. The first-order valence-electron chi connectivity index (χ1n) is 16.2. The van der Waals surface area contributed by atoms with Gasteiger partial charge in [0.05, 0.1) is 11.8 Å². The molecule has 0 bridgehead atoms. The fourth-order valence-corrected chi connectivity index (χ4v) is 7.40. The number of anilines is 1. The summed E-state index contributed by atoms with van der Waals surface area (Å²) in [6, 6.07) is 10.3. The van der Waals surface area contributed by atoms with Crippen LogP contribution >= 0.6 is 11.3 Å². The number of aryl methyl sites for hydroxylation is 1. The van der Waals surface area contributed by atoms with E-state index in [-0.39, 0.29) is 23.4 Å². The zero-order valence-electron chi connectivity index (χ0n) is 27.4. The van der Waals surface area contributed by atoms with Gasteiger partial charge < -0.3 is 19.5 Å². The molecule has 4 heterocycles. The molecule has 3 aromatic heterocycles. The number of carbonyl (C=O) groups is 1. The van der Waals surface area contributed by atoms with Gasteiger partial charge in [0.25, 0.3) is 0 Å². The highest BCUT2D eigenvalue weighted by atomic mass is 32.1. The highest BCUT2D eigenvalue weighted by molar-refractivity contribution is 7.18. The van der Waals surface area contributed by atoms with Gasteiger partial charge in [0, 0.05) is 61.5 Å². The molecular weight excluding hydrogens is 627 g/mol. The van der Waals surface area contributed by atoms with Gasteiger partial charge in [-0.15, -0.1) is 11.3 Å². The molecule has 1 aromatic carbocycles. The van der Waals surface area contributed by atoms with E-state index in [0.717, 1.165) is 87.3 Å². The van der Waals surface area contributed by atoms with E-state index in [0.29, 0.717) is 21.7 Å². The Labute approximate surface area is 277 Å². The molecule has 13 heteroatoms. The van der Waals surface area contributed by atoms with Crippen LogP contribution in [0.4, 0.5) is 19.0 Å². The standard InChI is InChI=1S/C34H42F3N7O2S/c1-5-11-42(6-2)14-15-44-26(19-38)16-28-22(3)24(7-8-30(28)44)20-43-12-9-25(10-13-43)39-32-29-17-27(18-34(35,36)37)47-33(29)41-31(40-32)21-46-23(4)45/h7-8,16-17,25H,5-6,9-15,18,20-21H2,1-4H3,(H,39,40,41). The molecule has 1 aliphatic heterocycles. The average Bonchev–Trinajstić information content (AvgIpc) is 3.60. The number of esters is 1. The second-order valence-corrected chi connectivity index (χ2v) is 13.3. The second-order valence-electron chi connectivity index (χ2n) is 12.2. The SMILES string of the molecule is CCCN(CC)CCn1c(C#N)cc2c(C)c(CN3CCC(Nc4nc(COC(C)=O)nc5sc(CC(F)(F)F)cc45)CC3)ccc21. The predicted molar refractivity (Wildman–Crippen MR) is 178 cm³/mol. The highest BCUT2D eigenvalue weighted by Crippen LogP contribution is 2.34. The number of aromatic nitrogens is 3. The number of thiophene rings is 1. The van der Waals surface area contributed by atoms with Crippen molar-refractivity contribution in [3.63, 3.8) is 0 Å². The summed E-state index contributed by atoms with van der Waals surface area (Å²) in [7, 11) is 0. The molecule has 1 saturated heterocycles. The van der Waals surface area contributed by atoms with Crippen LogP contribution in [-0.4, -0.2) is 75.2 Å². The Morgan fingerprint density at radius 1 is 1.17 bits per heavy atom. The number of nitriles is 1. The summed E-state index contributed by atoms with van der Waals surface area (Å²) in [6.45, 7) is 13.8. The summed E-state index contributed by atoms with van der Waals surface area (Å²) in [5.41, 5.74) is 4.20. The minimum Gasteiger partial charge on any atom is -0.458 e. The van der Waals surface area contributed by atoms with Crippen molar-refractivity contribution >= 4 is 44.2 Å². The summed E-state index contributed by atoms with van der Waals surface area (Å²) in [5.74, 6) is 0.231. The second kappa shape index (κ2) is 15.0. The number of ether oxygens (including phenoxy) is 1. The molecule has 1 fully saturated rings. The molecule has 0 saturated carbocycles. The van der Waals surface area contributed by atoms with Crippen LogP contribution < -0.4 is 5.32 Å². The number of hydrogen-bond acceptors (Lipinski definition) is 9. The van der Waals surface area contributed by atoms with Crippen molar-refractivity contribution in [1.29, 1.82) is 5.26 Å². The third-order valence-electron chi connectivity index (χ3n) is 8.80. The Bertz CT molecular complexity index is 1750. The fraction of sp³-hybridized carbons (Fsp3) is 0.529. The summed E-state index contributed by atoms with van der Waals surface area (Å²) >= 11 is 0.982. The Morgan fingerprint density at radius 2 is 1.94 bits per heavy atom. The van der Waals surface area contributed by atoms with E-state index in [4.69, 9.17) is 4.74 Å². The van der Waals surface area contributed by atoms with Crippen LogP contribution in [0, 0.1) is 18.3 Å². The fourth-order valence-electron chi connectivity index (χ4n) is 6.32. The van der Waals surface area contributed by atoms with Crippen molar-refractivity contribution in [2.24, 2.45) is 0 Å². The van der Waals surface area contributed by atoms with Crippen molar-refractivity contribution in [2.45, 2.75) is 85.3 Å². The van der Waals surface area contributed by atoms with Gasteiger partial charge in [0.15, 0.2) is 12.4 Å². The minimum atomic E-state index is -4.33. The van der Waals surface area contributed by atoms with Crippen LogP contribution in [0.3, 0.4) is 0 Å². The number of nitrogens with one attached hydrogen (secondary N) is 1. The molecule has 0 unspecified atom stereocenters. The number of nitrogens with zero attached hydrogens (tertiary/aromatic N) is 6. The number of rotatable bonds is 13. The van der Waals surface area contributed by atoms with Gasteiger partial charge in [0.1, 0.15) is 22.4 Å². The molecule has 0 amide bonds. The lowest BCUT2D eigenvalue weighted by Crippen LogP contribution is -2.39. The number of fused-ring (bicyclic) bond motifs is 2. The van der Waals surface area contributed by atoms with E-state index in [1.54, 1.807) is 0 Å². The van der Waals surface area contributed by atoms with Gasteiger partial charge in [-0.05, 0) is 68.6 Å². The normalized spacial score (nSPS) is 14.7. The number of likely N-dealkylation sites (tertiary alicyclic amines) is 1. The first-order chi connectivity index (χ1) is 22.5. The van der Waals surface area contributed by atoms with Crippen LogP contribution in [0.25, 0.3) is 21.1 Å². The first kappa shape index (κ1) is 34.6. The lowest BCUT2D eigenvalue weighted by atomic mass is 10.0. The summed E-state index contributed by atoms with van der Waals surface area (Å²) < 4.78 is 46.6. The summed E-state index contributed by atoms with van der Waals surface area (Å²) in [4.78, 5) is 25.7. The number of carbonyl (C=O) groups excluding carboxylic acids is 1. The molecule has 1 aliphatic rings.